The number of anilines is 3. The van der Waals surface area contributed by atoms with Crippen LogP contribution in [0.2, 0.25) is 0 Å². The molecule has 6 rings (SSSR count). The number of rotatable bonds is 8. The summed E-state index contributed by atoms with van der Waals surface area (Å²) in [6, 6.07) is 16.6. The van der Waals surface area contributed by atoms with Crippen LogP contribution in [0.15, 0.2) is 72.9 Å². The number of hydrogen-bond donors (Lipinski definition) is 4. The minimum atomic E-state index is -0.354. The van der Waals surface area contributed by atoms with Crippen molar-refractivity contribution in [2.45, 2.75) is 44.7 Å². The fraction of sp³-hybridized carbons (Fsp3) is 0.250. The van der Waals surface area contributed by atoms with Crippen LogP contribution in [0.5, 0.6) is 11.5 Å². The molecule has 1 aliphatic carbocycles. The van der Waals surface area contributed by atoms with Crippen molar-refractivity contribution < 1.29 is 19.1 Å². The number of carbonyl (C=O) groups is 3. The van der Waals surface area contributed by atoms with Crippen LogP contribution in [0.1, 0.15) is 40.9 Å². The first-order valence-corrected chi connectivity index (χ1v) is 15.1. The molecule has 1 saturated carbocycles. The lowest BCUT2D eigenvalue weighted by Gasteiger charge is -2.30. The van der Waals surface area contributed by atoms with Crippen LogP contribution in [-0.4, -0.2) is 41.5 Å². The normalized spacial score (nSPS) is 18.0. The van der Waals surface area contributed by atoms with Crippen molar-refractivity contribution >= 4 is 56.5 Å². The summed E-state index contributed by atoms with van der Waals surface area (Å²) in [5, 5.41) is 9.83. The van der Waals surface area contributed by atoms with Gasteiger partial charge in [0.15, 0.2) is 0 Å². The summed E-state index contributed by atoms with van der Waals surface area (Å²) in [6.07, 6.45) is 7.74. The number of thiophene rings is 1. The van der Waals surface area contributed by atoms with Gasteiger partial charge in [-0.3, -0.25) is 14.5 Å². The smallest absolute Gasteiger partial charge is 0.331 e. The first-order valence-electron chi connectivity index (χ1n) is 14.3. The van der Waals surface area contributed by atoms with Gasteiger partial charge in [0.2, 0.25) is 5.91 Å². The monoisotopic (exact) mass is 596 g/mol. The molecule has 0 unspecified atom stereocenters. The van der Waals surface area contributed by atoms with E-state index < -0.39 is 0 Å². The number of aromatic nitrogens is 1. The molecule has 3 heterocycles. The molecule has 0 spiro atoms. The van der Waals surface area contributed by atoms with Gasteiger partial charge in [-0.25, -0.2) is 9.78 Å². The lowest BCUT2D eigenvalue weighted by atomic mass is 9.91. The van der Waals surface area contributed by atoms with Gasteiger partial charge in [-0.2, -0.15) is 0 Å². The molecule has 220 valence electrons. The van der Waals surface area contributed by atoms with Crippen molar-refractivity contribution in [3.63, 3.8) is 0 Å². The molecule has 4 aromatic rings. The SMILES string of the molecule is Cc1cc(Oc2ccccc2)ccc1N1C(=O)Nc2c(C(=O)NC3CCC(NC(=O)/C=C/CN)CC3)sc3nccc1c23. The second-order valence-corrected chi connectivity index (χ2v) is 11.6. The van der Waals surface area contributed by atoms with Crippen molar-refractivity contribution in [2.75, 3.05) is 16.8 Å². The van der Waals surface area contributed by atoms with Gasteiger partial charge in [-0.1, -0.05) is 24.3 Å². The summed E-state index contributed by atoms with van der Waals surface area (Å²) in [6.45, 7) is 2.25. The van der Waals surface area contributed by atoms with Crippen LogP contribution in [0.4, 0.5) is 21.9 Å². The quantitative estimate of drug-likeness (QED) is 0.191. The Hall–Kier alpha value is -4.74. The van der Waals surface area contributed by atoms with Gasteiger partial charge >= 0.3 is 6.03 Å². The Morgan fingerprint density at radius 2 is 1.79 bits per heavy atom. The minimum absolute atomic E-state index is 0.0277. The molecule has 1 aliphatic heterocycles. The van der Waals surface area contributed by atoms with Gasteiger partial charge in [0.05, 0.1) is 22.4 Å². The Morgan fingerprint density at radius 1 is 1.05 bits per heavy atom. The standard InChI is InChI=1S/C32H32N6O4S/c1-19-18-23(42-22-6-3-2-4-7-22)13-14-24(19)38-25-15-17-34-31-27(25)28(37-32(38)41)29(43-31)30(40)36-21-11-9-20(10-12-21)35-26(39)8-5-16-33/h2-8,13-15,17-18,20-21H,9-12,16,33H2,1H3,(H,35,39)(H,36,40)(H,37,41)/b8-5+. The van der Waals surface area contributed by atoms with Gasteiger partial charge in [-0.05, 0) is 74.6 Å². The molecule has 1 fully saturated rings. The van der Waals surface area contributed by atoms with Crippen LogP contribution < -0.4 is 31.3 Å². The predicted octanol–water partition coefficient (Wildman–Crippen LogP) is 5.75. The average Bonchev–Trinajstić information content (AvgIpc) is 3.38. The topological polar surface area (TPSA) is 139 Å². The Labute approximate surface area is 252 Å². The first kappa shape index (κ1) is 28.4. The van der Waals surface area contributed by atoms with Gasteiger partial charge in [-0.15, -0.1) is 11.3 Å². The summed E-state index contributed by atoms with van der Waals surface area (Å²) in [5.41, 5.74) is 8.12. The van der Waals surface area contributed by atoms with Crippen LogP contribution in [-0.2, 0) is 4.79 Å². The molecular formula is C32H32N6O4S. The van der Waals surface area contributed by atoms with Crippen molar-refractivity contribution in [3.8, 4) is 11.5 Å². The summed E-state index contributed by atoms with van der Waals surface area (Å²) in [4.78, 5) is 46.2. The Bertz CT molecular complexity index is 1710. The molecule has 2 aromatic carbocycles. The van der Waals surface area contributed by atoms with E-state index in [0.29, 0.717) is 39.1 Å². The largest absolute Gasteiger partial charge is 0.457 e. The van der Waals surface area contributed by atoms with Crippen LogP contribution in [0, 0.1) is 6.92 Å². The molecule has 2 aromatic heterocycles. The number of nitrogens with zero attached hydrogens (tertiary/aromatic N) is 2. The molecule has 5 N–H and O–H groups in total. The van der Waals surface area contributed by atoms with Crippen molar-refractivity contribution in [1.29, 1.82) is 0 Å². The van der Waals surface area contributed by atoms with Gasteiger partial charge in [0, 0.05) is 30.9 Å². The summed E-state index contributed by atoms with van der Waals surface area (Å²) >= 11 is 1.26. The molecule has 43 heavy (non-hydrogen) atoms. The molecule has 4 amide bonds. The zero-order valence-electron chi connectivity index (χ0n) is 23.6. The lowest BCUT2D eigenvalue weighted by molar-refractivity contribution is -0.117. The number of nitrogens with two attached hydrogens (primary N) is 1. The third kappa shape index (κ3) is 5.95. The maximum absolute atomic E-state index is 13.6. The van der Waals surface area contributed by atoms with E-state index in [-0.39, 0.29) is 29.9 Å². The van der Waals surface area contributed by atoms with E-state index in [2.05, 4.69) is 20.9 Å². The molecule has 2 aliphatic rings. The van der Waals surface area contributed by atoms with E-state index in [9.17, 15) is 14.4 Å². The third-order valence-corrected chi connectivity index (χ3v) is 8.75. The lowest BCUT2D eigenvalue weighted by Crippen LogP contribution is -2.43. The summed E-state index contributed by atoms with van der Waals surface area (Å²) in [5.74, 6) is 1.00. The number of benzene rings is 2. The minimum Gasteiger partial charge on any atom is -0.457 e. The number of aryl methyl sites for hydroxylation is 1. The van der Waals surface area contributed by atoms with E-state index in [4.69, 9.17) is 10.5 Å². The van der Waals surface area contributed by atoms with E-state index in [1.54, 1.807) is 23.2 Å². The third-order valence-electron chi connectivity index (χ3n) is 7.65. The molecule has 0 radical (unpaired) electrons. The highest BCUT2D eigenvalue weighted by molar-refractivity contribution is 7.21. The first-order chi connectivity index (χ1) is 20.9. The maximum Gasteiger partial charge on any atom is 0.331 e. The zero-order chi connectivity index (χ0) is 29.9. The fourth-order valence-corrected chi connectivity index (χ4v) is 6.63. The number of amides is 4. The van der Waals surface area contributed by atoms with Crippen LogP contribution in [0.3, 0.4) is 0 Å². The van der Waals surface area contributed by atoms with Gasteiger partial charge < -0.3 is 26.4 Å². The van der Waals surface area contributed by atoms with Gasteiger partial charge in [0.1, 0.15) is 21.2 Å². The Kier molecular flexibility index (Phi) is 8.08. The molecule has 0 bridgehead atoms. The zero-order valence-corrected chi connectivity index (χ0v) is 24.4. The average molecular weight is 597 g/mol. The molecule has 11 heteroatoms. The fourth-order valence-electron chi connectivity index (χ4n) is 5.61. The second kappa shape index (κ2) is 12.2. The Morgan fingerprint density at radius 3 is 2.51 bits per heavy atom. The van der Waals surface area contributed by atoms with Crippen LogP contribution in [0.25, 0.3) is 10.2 Å². The highest BCUT2D eigenvalue weighted by Gasteiger charge is 2.34. The molecule has 0 saturated heterocycles. The molecular weight excluding hydrogens is 564 g/mol. The summed E-state index contributed by atoms with van der Waals surface area (Å²) in [7, 11) is 0. The van der Waals surface area contributed by atoms with Crippen molar-refractivity contribution in [2.24, 2.45) is 5.73 Å². The number of hydrogen-bond acceptors (Lipinski definition) is 7. The maximum atomic E-state index is 13.6. The number of ether oxygens (including phenoxy) is 1. The van der Waals surface area contributed by atoms with Crippen LogP contribution >= 0.6 is 11.3 Å². The van der Waals surface area contributed by atoms with E-state index in [1.165, 1.54) is 17.4 Å². The highest BCUT2D eigenvalue weighted by atomic mass is 32.1. The summed E-state index contributed by atoms with van der Waals surface area (Å²) < 4.78 is 5.97. The number of nitrogens with one attached hydrogen (secondary N) is 3. The molecule has 10 nitrogen and oxygen atoms in total. The second-order valence-electron chi connectivity index (χ2n) is 10.6. The number of urea groups is 1. The van der Waals surface area contributed by atoms with Crippen molar-refractivity contribution in [3.05, 3.63) is 83.4 Å². The van der Waals surface area contributed by atoms with E-state index in [0.717, 1.165) is 42.4 Å². The highest BCUT2D eigenvalue weighted by Crippen LogP contribution is 2.46. The van der Waals surface area contributed by atoms with Crippen molar-refractivity contribution in [1.82, 2.24) is 15.6 Å². The van der Waals surface area contributed by atoms with E-state index in [1.807, 2.05) is 55.5 Å². The molecule has 0 atom stereocenters. The predicted molar refractivity (Wildman–Crippen MR) is 168 cm³/mol. The van der Waals surface area contributed by atoms with E-state index >= 15 is 0 Å². The van der Waals surface area contributed by atoms with Gasteiger partial charge in [0.25, 0.3) is 5.91 Å². The number of pyridine rings is 1. The number of carbonyl (C=O) groups excluding carboxylic acids is 3. The number of para-hydroxylation sites is 1. The Balaban J connectivity index is 1.19.